The summed E-state index contributed by atoms with van der Waals surface area (Å²) in [6.45, 7) is 6.31. The van der Waals surface area contributed by atoms with Crippen LogP contribution in [-0.4, -0.2) is 20.7 Å². The van der Waals surface area contributed by atoms with Crippen molar-refractivity contribution in [3.05, 3.63) is 39.9 Å². The van der Waals surface area contributed by atoms with Gasteiger partial charge in [-0.15, -0.1) is 0 Å². The third-order valence-corrected chi connectivity index (χ3v) is 3.71. The van der Waals surface area contributed by atoms with Crippen molar-refractivity contribution in [2.45, 2.75) is 40.2 Å². The standard InChI is InChI=1S/C15H20N4OS/c1-4-5-13-17-18-15(21)19(13)9-14(20)16-12-7-6-10(2)11(3)8-12/h6-8H,4-5,9H2,1-3H3,(H,16,20)(H,18,21). The third kappa shape index (κ3) is 3.78. The minimum absolute atomic E-state index is 0.104. The van der Waals surface area contributed by atoms with E-state index in [1.807, 2.05) is 32.0 Å². The fourth-order valence-corrected chi connectivity index (χ4v) is 2.31. The molecule has 2 aromatic rings. The Morgan fingerprint density at radius 2 is 2.14 bits per heavy atom. The van der Waals surface area contributed by atoms with Gasteiger partial charge in [-0.2, -0.15) is 5.10 Å². The van der Waals surface area contributed by atoms with Crippen LogP contribution in [0, 0.1) is 18.6 Å². The summed E-state index contributed by atoms with van der Waals surface area (Å²) >= 11 is 5.17. The molecule has 0 spiro atoms. The zero-order valence-electron chi connectivity index (χ0n) is 12.6. The maximum Gasteiger partial charge on any atom is 0.244 e. The molecule has 0 bridgehead atoms. The van der Waals surface area contributed by atoms with E-state index in [0.717, 1.165) is 29.9 Å². The van der Waals surface area contributed by atoms with Crippen molar-refractivity contribution >= 4 is 23.8 Å². The van der Waals surface area contributed by atoms with Gasteiger partial charge in [0, 0.05) is 12.1 Å². The molecule has 0 aliphatic rings. The van der Waals surface area contributed by atoms with Crippen LogP contribution in [0.25, 0.3) is 0 Å². The van der Waals surface area contributed by atoms with Crippen molar-refractivity contribution in [3.63, 3.8) is 0 Å². The molecule has 0 aliphatic carbocycles. The van der Waals surface area contributed by atoms with Gasteiger partial charge in [0.05, 0.1) is 0 Å². The fourth-order valence-electron chi connectivity index (χ4n) is 2.09. The third-order valence-electron chi connectivity index (χ3n) is 3.40. The molecule has 0 atom stereocenters. The molecule has 2 rings (SSSR count). The van der Waals surface area contributed by atoms with Gasteiger partial charge in [-0.3, -0.25) is 14.5 Å². The van der Waals surface area contributed by atoms with Gasteiger partial charge in [0.1, 0.15) is 12.4 Å². The number of carbonyl (C=O) groups excluding carboxylic acids is 1. The maximum atomic E-state index is 12.2. The lowest BCUT2D eigenvalue weighted by Gasteiger charge is -2.09. The normalized spacial score (nSPS) is 10.6. The lowest BCUT2D eigenvalue weighted by Crippen LogP contribution is -2.20. The molecule has 0 unspecified atom stereocenters. The molecule has 1 amide bonds. The minimum atomic E-state index is -0.104. The van der Waals surface area contributed by atoms with Crippen LogP contribution in [-0.2, 0) is 17.8 Å². The highest BCUT2D eigenvalue weighted by Gasteiger charge is 2.10. The predicted molar refractivity (Wildman–Crippen MR) is 86.0 cm³/mol. The number of hydrogen-bond donors (Lipinski definition) is 2. The first-order chi connectivity index (χ1) is 10.0. The highest BCUT2D eigenvalue weighted by atomic mass is 32.1. The first-order valence-corrected chi connectivity index (χ1v) is 7.43. The summed E-state index contributed by atoms with van der Waals surface area (Å²) in [7, 11) is 0. The van der Waals surface area contributed by atoms with Gasteiger partial charge < -0.3 is 5.32 Å². The van der Waals surface area contributed by atoms with Crippen LogP contribution in [0.1, 0.15) is 30.3 Å². The smallest absolute Gasteiger partial charge is 0.244 e. The summed E-state index contributed by atoms with van der Waals surface area (Å²) in [5.41, 5.74) is 3.16. The Morgan fingerprint density at radius 1 is 1.38 bits per heavy atom. The van der Waals surface area contributed by atoms with Gasteiger partial charge in [-0.1, -0.05) is 13.0 Å². The van der Waals surface area contributed by atoms with E-state index in [4.69, 9.17) is 12.2 Å². The van der Waals surface area contributed by atoms with E-state index in [9.17, 15) is 4.79 Å². The molecule has 6 heteroatoms. The monoisotopic (exact) mass is 304 g/mol. The summed E-state index contributed by atoms with van der Waals surface area (Å²) in [6, 6.07) is 5.87. The topological polar surface area (TPSA) is 62.7 Å². The molecular weight excluding hydrogens is 284 g/mol. The quantitative estimate of drug-likeness (QED) is 0.834. The van der Waals surface area contributed by atoms with Crippen LogP contribution in [0.4, 0.5) is 5.69 Å². The number of H-pyrrole nitrogens is 1. The molecule has 5 nitrogen and oxygen atoms in total. The van der Waals surface area contributed by atoms with E-state index in [-0.39, 0.29) is 12.5 Å². The van der Waals surface area contributed by atoms with Gasteiger partial charge in [-0.05, 0) is 55.7 Å². The molecule has 0 radical (unpaired) electrons. The number of carbonyl (C=O) groups is 1. The first kappa shape index (κ1) is 15.4. The Kier molecular flexibility index (Phi) is 4.90. The number of rotatable bonds is 5. The molecule has 112 valence electrons. The van der Waals surface area contributed by atoms with E-state index >= 15 is 0 Å². The molecule has 2 N–H and O–H groups in total. The second-order valence-corrected chi connectivity index (χ2v) is 5.52. The number of hydrogen-bond acceptors (Lipinski definition) is 3. The largest absolute Gasteiger partial charge is 0.325 e. The summed E-state index contributed by atoms with van der Waals surface area (Å²) < 4.78 is 2.23. The van der Waals surface area contributed by atoms with E-state index in [1.54, 1.807) is 4.57 Å². The van der Waals surface area contributed by atoms with Gasteiger partial charge in [0.15, 0.2) is 4.77 Å². The number of anilines is 1. The Labute approximate surface area is 129 Å². The Bertz CT molecular complexity index is 702. The Morgan fingerprint density at radius 3 is 2.81 bits per heavy atom. The van der Waals surface area contributed by atoms with Crippen LogP contribution in [0.15, 0.2) is 18.2 Å². The molecule has 0 saturated carbocycles. The molecule has 21 heavy (non-hydrogen) atoms. The van der Waals surface area contributed by atoms with E-state index < -0.39 is 0 Å². The van der Waals surface area contributed by atoms with Crippen molar-refractivity contribution in [1.29, 1.82) is 0 Å². The number of nitrogens with one attached hydrogen (secondary N) is 2. The Hall–Kier alpha value is -1.95. The summed E-state index contributed by atoms with van der Waals surface area (Å²) in [5.74, 6) is 0.714. The van der Waals surface area contributed by atoms with Crippen molar-refractivity contribution < 1.29 is 4.79 Å². The summed E-state index contributed by atoms with van der Waals surface area (Å²) in [5, 5.41) is 9.80. The SMILES string of the molecule is CCCc1n[nH]c(=S)n1CC(=O)Nc1ccc(C)c(C)c1. The van der Waals surface area contributed by atoms with E-state index in [1.165, 1.54) is 5.56 Å². The van der Waals surface area contributed by atoms with E-state index in [2.05, 4.69) is 22.4 Å². The summed E-state index contributed by atoms with van der Waals surface area (Å²) in [6.07, 6.45) is 1.75. The average Bonchev–Trinajstić information content (AvgIpc) is 2.76. The van der Waals surface area contributed by atoms with Crippen molar-refractivity contribution in [2.24, 2.45) is 0 Å². The number of aryl methyl sites for hydroxylation is 3. The summed E-state index contributed by atoms with van der Waals surface area (Å²) in [4.78, 5) is 12.2. The second kappa shape index (κ2) is 6.67. The molecule has 0 aliphatic heterocycles. The van der Waals surface area contributed by atoms with Crippen LogP contribution >= 0.6 is 12.2 Å². The van der Waals surface area contributed by atoms with Gasteiger partial charge in [-0.25, -0.2) is 0 Å². The Balaban J connectivity index is 2.09. The average molecular weight is 304 g/mol. The van der Waals surface area contributed by atoms with Crippen LogP contribution in [0.3, 0.4) is 0 Å². The van der Waals surface area contributed by atoms with Crippen molar-refractivity contribution in [1.82, 2.24) is 14.8 Å². The second-order valence-electron chi connectivity index (χ2n) is 5.13. The number of aromatic amines is 1. The van der Waals surface area contributed by atoms with Crippen LogP contribution in [0.5, 0.6) is 0 Å². The molecule has 0 saturated heterocycles. The number of nitrogens with zero attached hydrogens (tertiary/aromatic N) is 2. The minimum Gasteiger partial charge on any atom is -0.325 e. The van der Waals surface area contributed by atoms with Gasteiger partial charge in [0.2, 0.25) is 5.91 Å². The molecule has 1 aromatic carbocycles. The van der Waals surface area contributed by atoms with Crippen molar-refractivity contribution in [2.75, 3.05) is 5.32 Å². The first-order valence-electron chi connectivity index (χ1n) is 7.02. The number of amides is 1. The fraction of sp³-hybridized carbons (Fsp3) is 0.400. The van der Waals surface area contributed by atoms with Gasteiger partial charge in [0.25, 0.3) is 0 Å². The molecular formula is C15H20N4OS. The molecule has 1 aromatic heterocycles. The highest BCUT2D eigenvalue weighted by molar-refractivity contribution is 7.71. The van der Waals surface area contributed by atoms with Crippen LogP contribution < -0.4 is 5.32 Å². The lowest BCUT2D eigenvalue weighted by molar-refractivity contribution is -0.116. The maximum absolute atomic E-state index is 12.2. The van der Waals surface area contributed by atoms with Crippen LogP contribution in [0.2, 0.25) is 0 Å². The zero-order chi connectivity index (χ0) is 15.4. The zero-order valence-corrected chi connectivity index (χ0v) is 13.4. The predicted octanol–water partition coefficient (Wildman–Crippen LogP) is 3.15. The number of aromatic nitrogens is 3. The van der Waals surface area contributed by atoms with E-state index in [0.29, 0.717) is 4.77 Å². The van der Waals surface area contributed by atoms with Gasteiger partial charge >= 0.3 is 0 Å². The molecule has 0 fully saturated rings. The highest BCUT2D eigenvalue weighted by Crippen LogP contribution is 2.14. The van der Waals surface area contributed by atoms with Crippen molar-refractivity contribution in [3.8, 4) is 0 Å². The molecule has 1 heterocycles. The lowest BCUT2D eigenvalue weighted by atomic mass is 10.1. The number of benzene rings is 1.